The zero-order valence-electron chi connectivity index (χ0n) is 19.3. The molecule has 1 aliphatic rings. The van der Waals surface area contributed by atoms with Crippen LogP contribution in [0.25, 0.3) is 5.76 Å². The summed E-state index contributed by atoms with van der Waals surface area (Å²) in [5.41, 5.74) is 0.757. The second kappa shape index (κ2) is 9.63. The van der Waals surface area contributed by atoms with Crippen molar-refractivity contribution in [2.24, 2.45) is 0 Å². The third-order valence-corrected chi connectivity index (χ3v) is 7.38. The molecule has 1 aliphatic heterocycles. The Morgan fingerprint density at radius 3 is 2.20 bits per heavy atom. The van der Waals surface area contributed by atoms with E-state index < -0.39 is 21.8 Å². The van der Waals surface area contributed by atoms with Crippen LogP contribution in [0.1, 0.15) is 21.5 Å². The molecule has 0 amide bonds. The van der Waals surface area contributed by atoms with Crippen molar-refractivity contribution in [3.63, 3.8) is 0 Å². The molecular formula is C26H23NO7S. The number of ketones is 1. The number of fused-ring (bicyclic) bond motifs is 1. The van der Waals surface area contributed by atoms with Crippen LogP contribution in [0.15, 0.2) is 83.4 Å². The van der Waals surface area contributed by atoms with Gasteiger partial charge in [0.15, 0.2) is 17.3 Å². The minimum Gasteiger partial charge on any atom is -0.493 e. The molecule has 3 aromatic rings. The molecule has 0 N–H and O–H groups in total. The maximum absolute atomic E-state index is 13.4. The van der Waals surface area contributed by atoms with E-state index in [2.05, 4.69) is 0 Å². The molecule has 3 aromatic carbocycles. The van der Waals surface area contributed by atoms with Crippen LogP contribution in [0.3, 0.4) is 0 Å². The SMILES string of the molecule is COc1ccc(CC(=O)OC2=C(C(=O)c3ccccc3)N(C)S(=O)(=O)c3ccccc32)cc1OC. The lowest BCUT2D eigenvalue weighted by atomic mass is 10.0. The number of rotatable bonds is 7. The molecule has 0 unspecified atom stereocenters. The fraction of sp³-hybridized carbons (Fsp3) is 0.154. The van der Waals surface area contributed by atoms with Crippen LogP contribution in [0.5, 0.6) is 11.5 Å². The number of allylic oxidation sites excluding steroid dienone is 1. The van der Waals surface area contributed by atoms with E-state index in [-0.39, 0.29) is 33.9 Å². The quantitative estimate of drug-likeness (QED) is 0.366. The van der Waals surface area contributed by atoms with Crippen molar-refractivity contribution < 1.29 is 32.2 Å². The summed E-state index contributed by atoms with van der Waals surface area (Å²) in [6.07, 6.45) is -0.144. The van der Waals surface area contributed by atoms with Gasteiger partial charge in [-0.2, -0.15) is 0 Å². The van der Waals surface area contributed by atoms with Crippen molar-refractivity contribution in [3.05, 3.63) is 95.2 Å². The predicted octanol–water partition coefficient (Wildman–Crippen LogP) is 3.68. The smallest absolute Gasteiger partial charge is 0.315 e. The van der Waals surface area contributed by atoms with E-state index in [9.17, 15) is 18.0 Å². The third kappa shape index (κ3) is 4.50. The van der Waals surface area contributed by atoms with Gasteiger partial charge in [0.1, 0.15) is 5.70 Å². The van der Waals surface area contributed by atoms with Gasteiger partial charge in [0.25, 0.3) is 10.0 Å². The number of ether oxygens (including phenoxy) is 3. The number of benzene rings is 3. The van der Waals surface area contributed by atoms with Crippen LogP contribution < -0.4 is 9.47 Å². The normalized spacial score (nSPS) is 14.2. The van der Waals surface area contributed by atoms with Crippen LogP contribution >= 0.6 is 0 Å². The summed E-state index contributed by atoms with van der Waals surface area (Å²) >= 11 is 0. The number of hydrogen-bond acceptors (Lipinski definition) is 7. The molecule has 0 aromatic heterocycles. The van der Waals surface area contributed by atoms with Crippen molar-refractivity contribution in [2.75, 3.05) is 21.3 Å². The van der Waals surface area contributed by atoms with Gasteiger partial charge in [0.05, 0.1) is 25.5 Å². The number of likely N-dealkylation sites (N-methyl/N-ethyl adjacent to an activating group) is 1. The van der Waals surface area contributed by atoms with Crippen molar-refractivity contribution in [1.29, 1.82) is 0 Å². The number of hydrogen-bond donors (Lipinski definition) is 0. The molecule has 4 rings (SSSR count). The minimum atomic E-state index is -4.03. The number of nitrogens with zero attached hydrogens (tertiary/aromatic N) is 1. The molecule has 0 fully saturated rings. The fourth-order valence-electron chi connectivity index (χ4n) is 3.80. The van der Waals surface area contributed by atoms with Crippen LogP contribution in [-0.4, -0.2) is 45.7 Å². The molecule has 1 heterocycles. The lowest BCUT2D eigenvalue weighted by Crippen LogP contribution is -2.36. The second-order valence-corrected chi connectivity index (χ2v) is 9.62. The fourth-order valence-corrected chi connectivity index (χ4v) is 5.19. The van der Waals surface area contributed by atoms with Crippen molar-refractivity contribution in [3.8, 4) is 11.5 Å². The highest BCUT2D eigenvalue weighted by Crippen LogP contribution is 2.38. The van der Waals surface area contributed by atoms with Crippen LogP contribution in [-0.2, 0) is 26.0 Å². The maximum Gasteiger partial charge on any atom is 0.315 e. The van der Waals surface area contributed by atoms with Crippen LogP contribution in [0.2, 0.25) is 0 Å². The van der Waals surface area contributed by atoms with E-state index in [0.29, 0.717) is 17.1 Å². The molecule has 8 nitrogen and oxygen atoms in total. The lowest BCUT2D eigenvalue weighted by molar-refractivity contribution is -0.136. The van der Waals surface area contributed by atoms with Gasteiger partial charge < -0.3 is 14.2 Å². The topological polar surface area (TPSA) is 99.2 Å². The number of carbonyl (C=O) groups excluding carboxylic acids is 2. The summed E-state index contributed by atoms with van der Waals surface area (Å²) in [5, 5.41) is 0. The van der Waals surface area contributed by atoms with Gasteiger partial charge in [-0.3, -0.25) is 13.9 Å². The highest BCUT2D eigenvalue weighted by Gasteiger charge is 2.39. The highest BCUT2D eigenvalue weighted by molar-refractivity contribution is 7.89. The van der Waals surface area contributed by atoms with Gasteiger partial charge in [0.2, 0.25) is 5.78 Å². The van der Waals surface area contributed by atoms with E-state index in [0.717, 1.165) is 4.31 Å². The van der Waals surface area contributed by atoms with Gasteiger partial charge >= 0.3 is 5.97 Å². The number of methoxy groups -OCH3 is 2. The number of sulfonamides is 1. The molecule has 35 heavy (non-hydrogen) atoms. The van der Waals surface area contributed by atoms with E-state index >= 15 is 0 Å². The standard InChI is InChI=1S/C26H23NO7S/c1-27-24(25(29)18-9-5-4-6-10-18)26(19-11-7-8-12-22(19)35(27,30)31)34-23(28)16-17-13-14-20(32-2)21(15-17)33-3/h4-15H,16H2,1-3H3. The van der Waals surface area contributed by atoms with Crippen LogP contribution in [0, 0.1) is 0 Å². The number of Topliss-reactive ketones (excluding diaryl/α,β-unsaturated/α-hetero) is 1. The van der Waals surface area contributed by atoms with E-state index in [1.54, 1.807) is 60.7 Å². The predicted molar refractivity (Wildman–Crippen MR) is 128 cm³/mol. The molecule has 9 heteroatoms. The molecule has 0 atom stereocenters. The Morgan fingerprint density at radius 1 is 0.857 bits per heavy atom. The first-order valence-electron chi connectivity index (χ1n) is 10.6. The molecule has 0 radical (unpaired) electrons. The minimum absolute atomic E-state index is 0.0546. The van der Waals surface area contributed by atoms with Crippen molar-refractivity contribution >= 4 is 27.5 Å². The first kappa shape index (κ1) is 24.0. The highest BCUT2D eigenvalue weighted by atomic mass is 32.2. The van der Waals surface area contributed by atoms with E-state index in [4.69, 9.17) is 14.2 Å². The Labute approximate surface area is 203 Å². The van der Waals surface area contributed by atoms with Crippen LogP contribution in [0.4, 0.5) is 0 Å². The zero-order chi connectivity index (χ0) is 25.2. The summed E-state index contributed by atoms with van der Waals surface area (Å²) in [7, 11) is 0.229. The first-order chi connectivity index (χ1) is 16.8. The Kier molecular flexibility index (Phi) is 6.61. The molecule has 0 spiro atoms. The number of carbonyl (C=O) groups is 2. The van der Waals surface area contributed by atoms with Gasteiger partial charge in [-0.15, -0.1) is 0 Å². The van der Waals surface area contributed by atoms with E-state index in [1.165, 1.54) is 33.4 Å². The van der Waals surface area contributed by atoms with Gasteiger partial charge in [-0.05, 0) is 29.8 Å². The first-order valence-corrected chi connectivity index (χ1v) is 12.1. The van der Waals surface area contributed by atoms with Crippen molar-refractivity contribution in [1.82, 2.24) is 4.31 Å². The van der Waals surface area contributed by atoms with E-state index in [1.807, 2.05) is 0 Å². The summed E-state index contributed by atoms with van der Waals surface area (Å²) in [5.74, 6) is -0.410. The molecule has 0 saturated carbocycles. The average Bonchev–Trinajstić information content (AvgIpc) is 2.87. The summed E-state index contributed by atoms with van der Waals surface area (Å²) < 4.78 is 43.4. The third-order valence-electron chi connectivity index (χ3n) is 5.56. The summed E-state index contributed by atoms with van der Waals surface area (Å²) in [6.45, 7) is 0. The molecule has 180 valence electrons. The largest absolute Gasteiger partial charge is 0.493 e. The second-order valence-electron chi connectivity index (χ2n) is 7.68. The summed E-state index contributed by atoms with van der Waals surface area (Å²) in [6, 6.07) is 19.3. The zero-order valence-corrected chi connectivity index (χ0v) is 20.2. The number of esters is 1. The van der Waals surface area contributed by atoms with Gasteiger partial charge in [-0.1, -0.05) is 48.5 Å². The van der Waals surface area contributed by atoms with Gasteiger partial charge in [0, 0.05) is 18.2 Å². The lowest BCUT2D eigenvalue weighted by Gasteiger charge is -2.30. The van der Waals surface area contributed by atoms with Gasteiger partial charge in [-0.25, -0.2) is 8.42 Å². The maximum atomic E-state index is 13.4. The molecule has 0 bridgehead atoms. The molecular weight excluding hydrogens is 470 g/mol. The Morgan fingerprint density at radius 2 is 1.51 bits per heavy atom. The summed E-state index contributed by atoms with van der Waals surface area (Å²) in [4.78, 5) is 26.4. The Bertz CT molecular complexity index is 1430. The van der Waals surface area contributed by atoms with Crippen molar-refractivity contribution in [2.45, 2.75) is 11.3 Å². The molecule has 0 saturated heterocycles. The average molecular weight is 494 g/mol. The monoisotopic (exact) mass is 493 g/mol. The Balaban J connectivity index is 1.78. The Hall–Kier alpha value is -4.11. The molecule has 0 aliphatic carbocycles.